The second kappa shape index (κ2) is 6.10. The molecule has 1 aromatic carbocycles. The number of aliphatic hydroxyl groups excluding tert-OH is 2. The molecule has 2 aromatic rings. The zero-order valence-corrected chi connectivity index (χ0v) is 11.3. The number of benzene rings is 1. The molecule has 0 radical (unpaired) electrons. The predicted molar refractivity (Wildman–Crippen MR) is 76.0 cm³/mol. The molecule has 19 heavy (non-hydrogen) atoms. The second-order valence-electron chi connectivity index (χ2n) is 4.81. The SMILES string of the molecule is CNCCC(O)C(O)c1ccc2nc(C)ccc2c1. The van der Waals surface area contributed by atoms with E-state index >= 15 is 0 Å². The maximum atomic E-state index is 10.1. The van der Waals surface area contributed by atoms with E-state index in [9.17, 15) is 10.2 Å². The van der Waals surface area contributed by atoms with Gasteiger partial charge in [0.2, 0.25) is 0 Å². The molecule has 2 atom stereocenters. The highest BCUT2D eigenvalue weighted by molar-refractivity contribution is 5.79. The van der Waals surface area contributed by atoms with E-state index in [0.29, 0.717) is 13.0 Å². The first-order valence-corrected chi connectivity index (χ1v) is 6.50. The Bertz CT molecular complexity index is 557. The quantitative estimate of drug-likeness (QED) is 0.763. The van der Waals surface area contributed by atoms with Crippen LogP contribution < -0.4 is 5.32 Å². The smallest absolute Gasteiger partial charge is 0.105 e. The number of fused-ring (bicyclic) bond motifs is 1. The van der Waals surface area contributed by atoms with Gasteiger partial charge in [-0.05, 0) is 50.7 Å². The Labute approximate surface area is 113 Å². The number of aromatic nitrogens is 1. The Kier molecular flexibility index (Phi) is 4.47. The molecule has 0 spiro atoms. The van der Waals surface area contributed by atoms with Gasteiger partial charge < -0.3 is 15.5 Å². The van der Waals surface area contributed by atoms with Gasteiger partial charge in [-0.25, -0.2) is 0 Å². The topological polar surface area (TPSA) is 65.4 Å². The van der Waals surface area contributed by atoms with E-state index in [1.54, 1.807) is 0 Å². The highest BCUT2D eigenvalue weighted by atomic mass is 16.3. The second-order valence-corrected chi connectivity index (χ2v) is 4.81. The minimum Gasteiger partial charge on any atom is -0.390 e. The van der Waals surface area contributed by atoms with Crippen LogP contribution in [0.1, 0.15) is 23.8 Å². The molecule has 0 aliphatic rings. The number of hydrogen-bond donors (Lipinski definition) is 3. The van der Waals surface area contributed by atoms with Crippen molar-refractivity contribution in [3.05, 3.63) is 41.6 Å². The van der Waals surface area contributed by atoms with Crippen molar-refractivity contribution < 1.29 is 10.2 Å². The summed E-state index contributed by atoms with van der Waals surface area (Å²) in [4.78, 5) is 4.42. The fourth-order valence-corrected chi connectivity index (χ4v) is 2.10. The van der Waals surface area contributed by atoms with Gasteiger partial charge in [0.1, 0.15) is 6.10 Å². The lowest BCUT2D eigenvalue weighted by atomic mass is 10.00. The Balaban J connectivity index is 2.22. The minimum atomic E-state index is -0.862. The summed E-state index contributed by atoms with van der Waals surface area (Å²) in [6, 6.07) is 9.51. The van der Waals surface area contributed by atoms with E-state index in [1.165, 1.54) is 0 Å². The lowest BCUT2D eigenvalue weighted by Crippen LogP contribution is -2.23. The van der Waals surface area contributed by atoms with E-state index < -0.39 is 12.2 Å². The van der Waals surface area contributed by atoms with Gasteiger partial charge in [-0.1, -0.05) is 12.1 Å². The third-order valence-corrected chi connectivity index (χ3v) is 3.25. The standard InChI is InChI=1S/C15H20N2O2/c1-10-3-4-11-9-12(5-6-13(11)17-10)15(19)14(18)7-8-16-2/h3-6,9,14-16,18-19H,7-8H2,1-2H3. The van der Waals surface area contributed by atoms with Crippen molar-refractivity contribution >= 4 is 10.9 Å². The van der Waals surface area contributed by atoms with Crippen molar-refractivity contribution in [2.24, 2.45) is 0 Å². The van der Waals surface area contributed by atoms with E-state index in [2.05, 4.69) is 10.3 Å². The minimum absolute atomic E-state index is 0.516. The highest BCUT2D eigenvalue weighted by Gasteiger charge is 2.18. The monoisotopic (exact) mass is 260 g/mol. The molecular weight excluding hydrogens is 240 g/mol. The van der Waals surface area contributed by atoms with Crippen LogP contribution in [0.25, 0.3) is 10.9 Å². The molecule has 0 bridgehead atoms. The number of nitrogens with one attached hydrogen (secondary N) is 1. The molecule has 4 heteroatoms. The zero-order valence-electron chi connectivity index (χ0n) is 11.3. The van der Waals surface area contributed by atoms with Crippen LogP contribution in [0.5, 0.6) is 0 Å². The fourth-order valence-electron chi connectivity index (χ4n) is 2.10. The van der Waals surface area contributed by atoms with E-state index in [-0.39, 0.29) is 0 Å². The molecule has 2 unspecified atom stereocenters. The van der Waals surface area contributed by atoms with Crippen LogP contribution in [0.3, 0.4) is 0 Å². The van der Waals surface area contributed by atoms with E-state index in [4.69, 9.17) is 0 Å². The summed E-state index contributed by atoms with van der Waals surface area (Å²) in [5.74, 6) is 0. The summed E-state index contributed by atoms with van der Waals surface area (Å²) >= 11 is 0. The summed E-state index contributed by atoms with van der Waals surface area (Å²) in [7, 11) is 1.82. The van der Waals surface area contributed by atoms with Gasteiger partial charge in [-0.3, -0.25) is 4.98 Å². The third-order valence-electron chi connectivity index (χ3n) is 3.25. The molecule has 2 rings (SSSR count). The molecule has 0 amide bonds. The van der Waals surface area contributed by atoms with Crippen molar-refractivity contribution in [3.8, 4) is 0 Å². The number of rotatable bonds is 5. The molecule has 0 saturated carbocycles. The fraction of sp³-hybridized carbons (Fsp3) is 0.400. The third kappa shape index (κ3) is 3.29. The van der Waals surface area contributed by atoms with Crippen LogP contribution in [0, 0.1) is 6.92 Å². The molecule has 0 saturated heterocycles. The van der Waals surface area contributed by atoms with Gasteiger partial charge in [0.05, 0.1) is 11.6 Å². The Morgan fingerprint density at radius 2 is 2.00 bits per heavy atom. The summed E-state index contributed by atoms with van der Waals surface area (Å²) < 4.78 is 0. The normalized spacial score (nSPS) is 14.5. The molecule has 4 nitrogen and oxygen atoms in total. The molecule has 0 fully saturated rings. The first-order valence-electron chi connectivity index (χ1n) is 6.50. The average Bonchev–Trinajstić information content (AvgIpc) is 2.43. The largest absolute Gasteiger partial charge is 0.390 e. The van der Waals surface area contributed by atoms with Crippen LogP contribution in [0.15, 0.2) is 30.3 Å². The summed E-state index contributed by atoms with van der Waals surface area (Å²) in [6.07, 6.45) is -1.11. The molecule has 102 valence electrons. The molecule has 1 aromatic heterocycles. The first kappa shape index (κ1) is 13.9. The van der Waals surface area contributed by atoms with Crippen LogP contribution >= 0.6 is 0 Å². The zero-order chi connectivity index (χ0) is 13.8. The molecule has 0 aliphatic heterocycles. The summed E-state index contributed by atoms with van der Waals surface area (Å²) in [5, 5.41) is 24.0. The average molecular weight is 260 g/mol. The van der Waals surface area contributed by atoms with Gasteiger partial charge in [0, 0.05) is 11.1 Å². The van der Waals surface area contributed by atoms with Crippen molar-refractivity contribution in [2.45, 2.75) is 25.6 Å². The molecule has 1 heterocycles. The van der Waals surface area contributed by atoms with Crippen molar-refractivity contribution in [1.82, 2.24) is 10.3 Å². The number of pyridine rings is 1. The number of hydrogen-bond acceptors (Lipinski definition) is 4. The molecular formula is C15H20N2O2. The first-order chi connectivity index (χ1) is 9.11. The lowest BCUT2D eigenvalue weighted by Gasteiger charge is -2.18. The van der Waals surface area contributed by atoms with E-state index in [0.717, 1.165) is 22.2 Å². The van der Waals surface area contributed by atoms with Crippen molar-refractivity contribution in [1.29, 1.82) is 0 Å². The van der Waals surface area contributed by atoms with Gasteiger partial charge in [-0.15, -0.1) is 0 Å². The maximum Gasteiger partial charge on any atom is 0.105 e. The Morgan fingerprint density at radius 1 is 1.21 bits per heavy atom. The van der Waals surface area contributed by atoms with Gasteiger partial charge in [0.25, 0.3) is 0 Å². The summed E-state index contributed by atoms with van der Waals surface area (Å²) in [5.41, 5.74) is 2.59. The van der Waals surface area contributed by atoms with Crippen molar-refractivity contribution in [3.63, 3.8) is 0 Å². The van der Waals surface area contributed by atoms with Crippen LogP contribution in [-0.2, 0) is 0 Å². The lowest BCUT2D eigenvalue weighted by molar-refractivity contribution is 0.0141. The van der Waals surface area contributed by atoms with Crippen LogP contribution in [-0.4, -0.2) is 34.9 Å². The molecule has 3 N–H and O–H groups in total. The van der Waals surface area contributed by atoms with Gasteiger partial charge in [-0.2, -0.15) is 0 Å². The Hall–Kier alpha value is -1.49. The number of nitrogens with zero attached hydrogens (tertiary/aromatic N) is 1. The highest BCUT2D eigenvalue weighted by Crippen LogP contribution is 2.23. The van der Waals surface area contributed by atoms with Crippen molar-refractivity contribution in [2.75, 3.05) is 13.6 Å². The van der Waals surface area contributed by atoms with Gasteiger partial charge >= 0.3 is 0 Å². The van der Waals surface area contributed by atoms with Gasteiger partial charge in [0.15, 0.2) is 0 Å². The maximum absolute atomic E-state index is 10.1. The molecule has 0 aliphatic carbocycles. The summed E-state index contributed by atoms with van der Waals surface area (Å²) in [6.45, 7) is 2.62. The van der Waals surface area contributed by atoms with Crippen LogP contribution in [0.2, 0.25) is 0 Å². The van der Waals surface area contributed by atoms with E-state index in [1.807, 2.05) is 44.3 Å². The number of aryl methyl sites for hydroxylation is 1. The Morgan fingerprint density at radius 3 is 2.74 bits per heavy atom. The number of aliphatic hydroxyl groups is 2. The predicted octanol–water partition coefficient (Wildman–Crippen LogP) is 1.55. The van der Waals surface area contributed by atoms with Crippen LogP contribution in [0.4, 0.5) is 0 Å².